The molecule has 10 aromatic rings. The van der Waals surface area contributed by atoms with Crippen molar-refractivity contribution in [2.75, 3.05) is 0 Å². The SMILES string of the molecule is CC1(C)c2ccccc2-c2ccc(-c3c(-c4cccc(-c5c6ccccc6c(-c6cccc7ccccc67)c6ccccc56)c4)ccc4ccccc34)cc21. The summed E-state index contributed by atoms with van der Waals surface area (Å²) < 4.78 is 0. The molecular formula is C55H38. The van der Waals surface area contributed by atoms with Crippen molar-refractivity contribution in [1.82, 2.24) is 0 Å². The Hall–Kier alpha value is -6.76. The van der Waals surface area contributed by atoms with Crippen LogP contribution in [-0.4, -0.2) is 0 Å². The first-order valence-corrected chi connectivity index (χ1v) is 19.4. The Balaban J connectivity index is 1.14. The molecule has 0 heteroatoms. The average Bonchev–Trinajstić information content (AvgIpc) is 3.47. The van der Waals surface area contributed by atoms with Crippen LogP contribution in [0, 0.1) is 0 Å². The van der Waals surface area contributed by atoms with Gasteiger partial charge in [-0.15, -0.1) is 0 Å². The van der Waals surface area contributed by atoms with Crippen LogP contribution >= 0.6 is 0 Å². The molecule has 11 rings (SSSR count). The van der Waals surface area contributed by atoms with E-state index >= 15 is 0 Å². The topological polar surface area (TPSA) is 0 Å². The highest BCUT2D eigenvalue weighted by atomic mass is 14.4. The molecule has 0 aromatic heterocycles. The fraction of sp³-hybridized carbons (Fsp3) is 0.0545. The van der Waals surface area contributed by atoms with Gasteiger partial charge >= 0.3 is 0 Å². The molecule has 10 aromatic carbocycles. The Bertz CT molecular complexity index is 3110. The Kier molecular flexibility index (Phi) is 7.00. The summed E-state index contributed by atoms with van der Waals surface area (Å²) in [5, 5.41) is 10.1. The van der Waals surface area contributed by atoms with Gasteiger partial charge in [0.1, 0.15) is 0 Å². The lowest BCUT2D eigenvalue weighted by Crippen LogP contribution is -2.14. The Morgan fingerprint density at radius 3 is 1.51 bits per heavy atom. The van der Waals surface area contributed by atoms with Crippen molar-refractivity contribution in [3.05, 3.63) is 205 Å². The molecule has 0 saturated carbocycles. The molecule has 0 fully saturated rings. The van der Waals surface area contributed by atoms with E-state index in [-0.39, 0.29) is 5.41 Å². The number of rotatable bonds is 4. The fourth-order valence-electron chi connectivity index (χ4n) is 9.70. The van der Waals surface area contributed by atoms with E-state index in [0.29, 0.717) is 0 Å². The maximum Gasteiger partial charge on any atom is 0.0159 e. The van der Waals surface area contributed by atoms with Gasteiger partial charge in [0.25, 0.3) is 0 Å². The first kappa shape index (κ1) is 31.7. The largest absolute Gasteiger partial charge is 0.0619 e. The zero-order valence-electron chi connectivity index (χ0n) is 31.0. The van der Waals surface area contributed by atoms with Crippen LogP contribution in [0.2, 0.25) is 0 Å². The highest BCUT2D eigenvalue weighted by Gasteiger charge is 2.35. The predicted molar refractivity (Wildman–Crippen MR) is 236 cm³/mol. The summed E-state index contributed by atoms with van der Waals surface area (Å²) in [5.74, 6) is 0. The second kappa shape index (κ2) is 12.1. The maximum atomic E-state index is 2.47. The smallest absolute Gasteiger partial charge is 0.0159 e. The molecule has 258 valence electrons. The van der Waals surface area contributed by atoms with Crippen LogP contribution in [0.1, 0.15) is 25.0 Å². The molecule has 1 aliphatic rings. The lowest BCUT2D eigenvalue weighted by Gasteiger charge is -2.23. The summed E-state index contributed by atoms with van der Waals surface area (Å²) in [4.78, 5) is 0. The normalized spacial score (nSPS) is 13.1. The molecule has 0 bridgehead atoms. The van der Waals surface area contributed by atoms with Crippen LogP contribution in [0.3, 0.4) is 0 Å². The van der Waals surface area contributed by atoms with E-state index in [0.717, 1.165) is 0 Å². The van der Waals surface area contributed by atoms with Crippen molar-refractivity contribution >= 4 is 43.1 Å². The van der Waals surface area contributed by atoms with Gasteiger partial charge in [-0.1, -0.05) is 196 Å². The van der Waals surface area contributed by atoms with Crippen molar-refractivity contribution in [3.8, 4) is 55.6 Å². The second-order valence-corrected chi connectivity index (χ2v) is 15.6. The van der Waals surface area contributed by atoms with Crippen molar-refractivity contribution in [1.29, 1.82) is 0 Å². The molecule has 0 nitrogen and oxygen atoms in total. The first-order chi connectivity index (χ1) is 27.1. The van der Waals surface area contributed by atoms with Crippen molar-refractivity contribution in [2.45, 2.75) is 19.3 Å². The van der Waals surface area contributed by atoms with Gasteiger partial charge in [-0.25, -0.2) is 0 Å². The summed E-state index contributed by atoms with van der Waals surface area (Å²) >= 11 is 0. The van der Waals surface area contributed by atoms with E-state index in [1.807, 2.05) is 0 Å². The minimum atomic E-state index is -0.0765. The molecule has 0 radical (unpaired) electrons. The summed E-state index contributed by atoms with van der Waals surface area (Å²) in [6, 6.07) is 72.2. The molecule has 1 aliphatic carbocycles. The van der Waals surface area contributed by atoms with Gasteiger partial charge in [0, 0.05) is 5.41 Å². The molecule has 0 atom stereocenters. The van der Waals surface area contributed by atoms with Gasteiger partial charge in [0.15, 0.2) is 0 Å². The highest BCUT2D eigenvalue weighted by Crippen LogP contribution is 2.51. The number of fused-ring (bicyclic) bond motifs is 7. The van der Waals surface area contributed by atoms with E-state index in [4.69, 9.17) is 0 Å². The zero-order valence-corrected chi connectivity index (χ0v) is 31.0. The third-order valence-corrected chi connectivity index (χ3v) is 12.3. The molecule has 0 heterocycles. The van der Waals surface area contributed by atoms with Crippen LogP contribution in [-0.2, 0) is 5.41 Å². The van der Waals surface area contributed by atoms with Gasteiger partial charge < -0.3 is 0 Å². The van der Waals surface area contributed by atoms with E-state index in [1.165, 1.54) is 110 Å². The zero-order chi connectivity index (χ0) is 36.7. The van der Waals surface area contributed by atoms with E-state index in [1.54, 1.807) is 0 Å². The molecule has 0 spiro atoms. The fourth-order valence-corrected chi connectivity index (χ4v) is 9.70. The van der Waals surface area contributed by atoms with Crippen LogP contribution in [0.15, 0.2) is 194 Å². The average molecular weight is 699 g/mol. The second-order valence-electron chi connectivity index (χ2n) is 15.6. The van der Waals surface area contributed by atoms with Crippen LogP contribution in [0.25, 0.3) is 98.7 Å². The maximum absolute atomic E-state index is 2.47. The quantitative estimate of drug-likeness (QED) is 0.161. The number of benzene rings is 10. The highest BCUT2D eigenvalue weighted by molar-refractivity contribution is 6.23. The van der Waals surface area contributed by atoms with Crippen molar-refractivity contribution in [3.63, 3.8) is 0 Å². The summed E-state index contributed by atoms with van der Waals surface area (Å²) in [6.45, 7) is 4.74. The lowest BCUT2D eigenvalue weighted by atomic mass is 9.80. The lowest BCUT2D eigenvalue weighted by molar-refractivity contribution is 0.660. The van der Waals surface area contributed by atoms with Gasteiger partial charge in [0.2, 0.25) is 0 Å². The number of hydrogen-bond acceptors (Lipinski definition) is 0. The molecule has 55 heavy (non-hydrogen) atoms. The van der Waals surface area contributed by atoms with Gasteiger partial charge in [-0.3, -0.25) is 0 Å². The summed E-state index contributed by atoms with van der Waals surface area (Å²) in [5.41, 5.74) is 15.5. The molecular weight excluding hydrogens is 661 g/mol. The summed E-state index contributed by atoms with van der Waals surface area (Å²) in [7, 11) is 0. The van der Waals surface area contributed by atoms with Crippen LogP contribution < -0.4 is 0 Å². The third kappa shape index (κ3) is 4.78. The van der Waals surface area contributed by atoms with Crippen molar-refractivity contribution < 1.29 is 0 Å². The summed E-state index contributed by atoms with van der Waals surface area (Å²) in [6.07, 6.45) is 0. The minimum absolute atomic E-state index is 0.0765. The molecule has 0 N–H and O–H groups in total. The molecule has 0 saturated heterocycles. The minimum Gasteiger partial charge on any atom is -0.0619 e. The first-order valence-electron chi connectivity index (χ1n) is 19.4. The third-order valence-electron chi connectivity index (χ3n) is 12.3. The monoisotopic (exact) mass is 698 g/mol. The van der Waals surface area contributed by atoms with Crippen LogP contribution in [0.5, 0.6) is 0 Å². The molecule has 0 amide bonds. The van der Waals surface area contributed by atoms with Gasteiger partial charge in [0.05, 0.1) is 0 Å². The Labute approximate surface area is 322 Å². The molecule has 0 unspecified atom stereocenters. The van der Waals surface area contributed by atoms with Crippen LogP contribution in [0.4, 0.5) is 0 Å². The van der Waals surface area contributed by atoms with E-state index in [2.05, 4.69) is 208 Å². The van der Waals surface area contributed by atoms with Gasteiger partial charge in [-0.05, 0) is 122 Å². The van der Waals surface area contributed by atoms with E-state index in [9.17, 15) is 0 Å². The van der Waals surface area contributed by atoms with Crippen molar-refractivity contribution in [2.24, 2.45) is 0 Å². The Morgan fingerprint density at radius 2 is 0.764 bits per heavy atom. The molecule has 0 aliphatic heterocycles. The van der Waals surface area contributed by atoms with E-state index < -0.39 is 0 Å². The van der Waals surface area contributed by atoms with Gasteiger partial charge in [-0.2, -0.15) is 0 Å². The predicted octanol–water partition coefficient (Wildman–Crippen LogP) is 15.3. The standard InChI is InChI=1S/C55H38/c1-55(2)50-28-12-11-22-43(50)44-32-30-39(34-51(44)55)52-41-21-6-4-16-36(41)29-31-42(52)37-18-13-19-38(33-37)53-46-23-7-9-25-48(46)54(49-26-10-8-24-47(49)53)45-27-14-17-35-15-3-5-20-40(35)45/h3-34H,1-2H3. The Morgan fingerprint density at radius 1 is 0.273 bits per heavy atom. The number of hydrogen-bond donors (Lipinski definition) is 0.